The molecule has 3 rings (SSSR count). The fraction of sp³-hybridized carbons (Fsp3) is 0.562. The first-order chi connectivity index (χ1) is 11.2. The molecule has 1 aromatic rings. The predicted molar refractivity (Wildman–Crippen MR) is 84.4 cm³/mol. The number of halogens is 1. The number of amides is 1. The van der Waals surface area contributed by atoms with E-state index in [1.54, 1.807) is 6.07 Å². The standard InChI is InChI=1S/C16H22FN3O3/c1-22-15-10-12(17)2-3-14(15)19-5-7-20(8-6-19)16(21)13-11-23-9-4-18-13/h2-3,10,13,18H,4-9,11H2,1H3/t13-/m0/s1. The zero-order valence-corrected chi connectivity index (χ0v) is 13.3. The molecule has 6 nitrogen and oxygen atoms in total. The minimum atomic E-state index is -0.317. The number of morpholine rings is 1. The highest BCUT2D eigenvalue weighted by atomic mass is 19.1. The number of hydrogen-bond donors (Lipinski definition) is 1. The van der Waals surface area contributed by atoms with Crippen molar-refractivity contribution in [2.75, 3.05) is 57.9 Å². The molecular formula is C16H22FN3O3. The van der Waals surface area contributed by atoms with Gasteiger partial charge in [0.15, 0.2) is 0 Å². The summed E-state index contributed by atoms with van der Waals surface area (Å²) in [4.78, 5) is 16.4. The van der Waals surface area contributed by atoms with E-state index in [2.05, 4.69) is 10.2 Å². The van der Waals surface area contributed by atoms with Crippen LogP contribution in [-0.2, 0) is 9.53 Å². The molecule has 1 atom stereocenters. The van der Waals surface area contributed by atoms with Crippen molar-refractivity contribution < 1.29 is 18.7 Å². The summed E-state index contributed by atoms with van der Waals surface area (Å²) in [6.07, 6.45) is 0. The number of anilines is 1. The Balaban J connectivity index is 1.61. The zero-order chi connectivity index (χ0) is 16.2. The largest absolute Gasteiger partial charge is 0.494 e. The van der Waals surface area contributed by atoms with Crippen molar-refractivity contribution in [1.29, 1.82) is 0 Å². The van der Waals surface area contributed by atoms with Crippen molar-refractivity contribution in [1.82, 2.24) is 10.2 Å². The number of benzene rings is 1. The van der Waals surface area contributed by atoms with Crippen molar-refractivity contribution in [3.05, 3.63) is 24.0 Å². The molecule has 1 N–H and O–H groups in total. The maximum absolute atomic E-state index is 13.3. The molecule has 2 heterocycles. The van der Waals surface area contributed by atoms with Gasteiger partial charge in [-0.05, 0) is 12.1 Å². The molecule has 0 aromatic heterocycles. The fourth-order valence-electron chi connectivity index (χ4n) is 3.02. The van der Waals surface area contributed by atoms with E-state index >= 15 is 0 Å². The number of methoxy groups -OCH3 is 1. The Kier molecular flexibility index (Phi) is 4.97. The summed E-state index contributed by atoms with van der Waals surface area (Å²) in [6, 6.07) is 4.30. The highest BCUT2D eigenvalue weighted by Crippen LogP contribution is 2.29. The molecule has 2 saturated heterocycles. The van der Waals surface area contributed by atoms with Gasteiger partial charge in [-0.25, -0.2) is 4.39 Å². The van der Waals surface area contributed by atoms with E-state index in [9.17, 15) is 9.18 Å². The lowest BCUT2D eigenvalue weighted by Crippen LogP contribution is -2.57. The maximum Gasteiger partial charge on any atom is 0.242 e. The van der Waals surface area contributed by atoms with Crippen LogP contribution in [0.2, 0.25) is 0 Å². The van der Waals surface area contributed by atoms with E-state index in [1.807, 2.05) is 4.90 Å². The van der Waals surface area contributed by atoms with Gasteiger partial charge in [0.05, 0.1) is 26.0 Å². The van der Waals surface area contributed by atoms with Crippen LogP contribution < -0.4 is 15.0 Å². The van der Waals surface area contributed by atoms with Crippen molar-refractivity contribution in [3.8, 4) is 5.75 Å². The topological polar surface area (TPSA) is 54.0 Å². The van der Waals surface area contributed by atoms with Gasteiger partial charge in [-0.1, -0.05) is 0 Å². The molecule has 0 unspecified atom stereocenters. The van der Waals surface area contributed by atoms with Crippen LogP contribution in [0.5, 0.6) is 5.75 Å². The number of piperazine rings is 1. The molecule has 1 amide bonds. The van der Waals surface area contributed by atoms with Crippen LogP contribution in [0.4, 0.5) is 10.1 Å². The molecule has 126 valence electrons. The molecule has 0 radical (unpaired) electrons. The summed E-state index contributed by atoms with van der Waals surface area (Å²) < 4.78 is 23.9. The maximum atomic E-state index is 13.3. The van der Waals surface area contributed by atoms with E-state index < -0.39 is 0 Å². The third-order valence-corrected chi connectivity index (χ3v) is 4.29. The third kappa shape index (κ3) is 3.56. The molecule has 2 aliphatic heterocycles. The molecule has 2 aliphatic rings. The first-order valence-electron chi connectivity index (χ1n) is 7.87. The van der Waals surface area contributed by atoms with Gasteiger partial charge in [0.25, 0.3) is 0 Å². The van der Waals surface area contributed by atoms with Gasteiger partial charge in [-0.2, -0.15) is 0 Å². The average molecular weight is 323 g/mol. The Labute approximate surface area is 135 Å². The van der Waals surface area contributed by atoms with Gasteiger partial charge in [0.2, 0.25) is 5.91 Å². The minimum absolute atomic E-state index is 0.0930. The summed E-state index contributed by atoms with van der Waals surface area (Å²) >= 11 is 0. The summed E-state index contributed by atoms with van der Waals surface area (Å²) in [6.45, 7) is 4.47. The van der Waals surface area contributed by atoms with E-state index in [-0.39, 0.29) is 17.8 Å². The van der Waals surface area contributed by atoms with E-state index in [4.69, 9.17) is 9.47 Å². The fourth-order valence-corrected chi connectivity index (χ4v) is 3.02. The molecule has 0 saturated carbocycles. The summed E-state index contributed by atoms with van der Waals surface area (Å²) in [5, 5.41) is 3.19. The molecule has 0 aliphatic carbocycles. The summed E-state index contributed by atoms with van der Waals surface area (Å²) in [7, 11) is 1.53. The van der Waals surface area contributed by atoms with Crippen molar-refractivity contribution in [2.24, 2.45) is 0 Å². The smallest absolute Gasteiger partial charge is 0.242 e. The summed E-state index contributed by atoms with van der Waals surface area (Å²) in [5.41, 5.74) is 0.861. The Morgan fingerprint density at radius 2 is 2.13 bits per heavy atom. The van der Waals surface area contributed by atoms with Crippen LogP contribution in [0.25, 0.3) is 0 Å². The third-order valence-electron chi connectivity index (χ3n) is 4.29. The number of rotatable bonds is 3. The number of carbonyl (C=O) groups is 1. The molecule has 1 aromatic carbocycles. The lowest BCUT2D eigenvalue weighted by molar-refractivity contribution is -0.136. The minimum Gasteiger partial charge on any atom is -0.494 e. The average Bonchev–Trinajstić information content (AvgIpc) is 2.62. The second-order valence-electron chi connectivity index (χ2n) is 5.71. The van der Waals surface area contributed by atoms with Crippen LogP contribution in [0.1, 0.15) is 0 Å². The monoisotopic (exact) mass is 323 g/mol. The van der Waals surface area contributed by atoms with Gasteiger partial charge in [0, 0.05) is 38.8 Å². The van der Waals surface area contributed by atoms with Crippen molar-refractivity contribution in [2.45, 2.75) is 6.04 Å². The van der Waals surface area contributed by atoms with E-state index in [0.717, 1.165) is 5.69 Å². The Morgan fingerprint density at radius 1 is 1.35 bits per heavy atom. The van der Waals surface area contributed by atoms with Gasteiger partial charge >= 0.3 is 0 Å². The van der Waals surface area contributed by atoms with Gasteiger partial charge in [-0.3, -0.25) is 4.79 Å². The second-order valence-corrected chi connectivity index (χ2v) is 5.71. The first-order valence-corrected chi connectivity index (χ1v) is 7.87. The normalized spacial score (nSPS) is 22.1. The Hall–Kier alpha value is -1.86. The quantitative estimate of drug-likeness (QED) is 0.876. The predicted octanol–water partition coefficient (Wildman–Crippen LogP) is 0.471. The van der Waals surface area contributed by atoms with Crippen LogP contribution in [0.3, 0.4) is 0 Å². The van der Waals surface area contributed by atoms with Crippen molar-refractivity contribution in [3.63, 3.8) is 0 Å². The zero-order valence-electron chi connectivity index (χ0n) is 13.3. The van der Waals surface area contributed by atoms with Crippen LogP contribution in [0.15, 0.2) is 18.2 Å². The molecule has 0 bridgehead atoms. The second kappa shape index (κ2) is 7.14. The number of nitrogens with one attached hydrogen (secondary N) is 1. The summed E-state index contributed by atoms with van der Waals surface area (Å²) in [5.74, 6) is 0.297. The molecule has 23 heavy (non-hydrogen) atoms. The number of nitrogens with zero attached hydrogens (tertiary/aromatic N) is 2. The van der Waals surface area contributed by atoms with Gasteiger partial charge in [0.1, 0.15) is 17.6 Å². The molecule has 2 fully saturated rings. The van der Waals surface area contributed by atoms with Crippen LogP contribution in [-0.4, -0.2) is 69.9 Å². The van der Waals surface area contributed by atoms with Gasteiger partial charge in [-0.15, -0.1) is 0 Å². The molecule has 7 heteroatoms. The van der Waals surface area contributed by atoms with Crippen molar-refractivity contribution >= 4 is 11.6 Å². The van der Waals surface area contributed by atoms with E-state index in [0.29, 0.717) is 51.7 Å². The molecular weight excluding hydrogens is 301 g/mol. The highest BCUT2D eigenvalue weighted by molar-refractivity contribution is 5.82. The molecule has 0 spiro atoms. The lowest BCUT2D eigenvalue weighted by Gasteiger charge is -2.38. The Morgan fingerprint density at radius 3 is 2.78 bits per heavy atom. The van der Waals surface area contributed by atoms with E-state index in [1.165, 1.54) is 19.2 Å². The lowest BCUT2D eigenvalue weighted by atomic mass is 10.2. The first kappa shape index (κ1) is 16.0. The number of ether oxygens (including phenoxy) is 2. The van der Waals surface area contributed by atoms with Crippen LogP contribution >= 0.6 is 0 Å². The SMILES string of the molecule is COc1cc(F)ccc1N1CCN(C(=O)[C@@H]2COCCN2)CC1. The number of carbonyl (C=O) groups excluding carboxylic acids is 1. The Bertz CT molecular complexity index is 556. The van der Waals surface area contributed by atoms with Crippen LogP contribution in [0, 0.1) is 5.82 Å². The number of hydrogen-bond acceptors (Lipinski definition) is 5. The van der Waals surface area contributed by atoms with Gasteiger partial charge < -0.3 is 24.6 Å². The highest BCUT2D eigenvalue weighted by Gasteiger charge is 2.29.